The fraction of sp³-hybridized carbons (Fsp3) is 1.00. The molecule has 0 aromatic heterocycles. The number of nitrogens with zero attached hydrogens (tertiary/aromatic N) is 1. The molecule has 0 heterocycles. The number of hydrogen-bond donors (Lipinski definition) is 1. The number of fused-ring (bicyclic) bond motifs is 2. The first kappa shape index (κ1) is 13.4. The van der Waals surface area contributed by atoms with Crippen molar-refractivity contribution in [3.05, 3.63) is 0 Å². The van der Waals surface area contributed by atoms with Crippen LogP contribution in [-0.4, -0.2) is 38.1 Å². The van der Waals surface area contributed by atoms with Crippen LogP contribution in [-0.2, 0) is 0 Å². The van der Waals surface area contributed by atoms with E-state index >= 15 is 0 Å². The van der Waals surface area contributed by atoms with Crippen molar-refractivity contribution >= 4 is 0 Å². The fourth-order valence-corrected chi connectivity index (χ4v) is 4.06. The SMILES string of the molecule is CCNCC(C)CN(C)CC1CC2CCC1C2. The van der Waals surface area contributed by atoms with E-state index in [0.29, 0.717) is 0 Å². The summed E-state index contributed by atoms with van der Waals surface area (Å²) in [5.74, 6) is 3.97. The molecule has 2 heteroatoms. The number of nitrogens with one attached hydrogen (secondary N) is 1. The molecular weight excluding hydrogens is 208 g/mol. The summed E-state index contributed by atoms with van der Waals surface area (Å²) in [5.41, 5.74) is 0. The van der Waals surface area contributed by atoms with Crippen LogP contribution in [0.3, 0.4) is 0 Å². The van der Waals surface area contributed by atoms with Gasteiger partial charge in [-0.25, -0.2) is 0 Å². The van der Waals surface area contributed by atoms with Gasteiger partial charge in [-0.15, -0.1) is 0 Å². The second-order valence-electron chi connectivity index (χ2n) is 6.57. The topological polar surface area (TPSA) is 15.3 Å². The highest BCUT2D eigenvalue weighted by Crippen LogP contribution is 2.48. The van der Waals surface area contributed by atoms with Crippen LogP contribution in [0, 0.1) is 23.7 Å². The summed E-state index contributed by atoms with van der Waals surface area (Å²) in [5, 5.41) is 3.45. The maximum Gasteiger partial charge on any atom is 0.00162 e. The highest BCUT2D eigenvalue weighted by molar-refractivity contribution is 4.91. The van der Waals surface area contributed by atoms with Crippen molar-refractivity contribution in [3.63, 3.8) is 0 Å². The van der Waals surface area contributed by atoms with E-state index in [0.717, 1.165) is 36.8 Å². The van der Waals surface area contributed by atoms with Gasteiger partial charge in [0, 0.05) is 13.1 Å². The summed E-state index contributed by atoms with van der Waals surface area (Å²) in [6, 6.07) is 0. The summed E-state index contributed by atoms with van der Waals surface area (Å²) in [7, 11) is 2.31. The molecule has 2 saturated carbocycles. The van der Waals surface area contributed by atoms with Gasteiger partial charge in [0.1, 0.15) is 0 Å². The molecule has 4 atom stereocenters. The zero-order chi connectivity index (χ0) is 12.3. The summed E-state index contributed by atoms with van der Waals surface area (Å²) in [4.78, 5) is 2.58. The smallest absolute Gasteiger partial charge is 0.00162 e. The van der Waals surface area contributed by atoms with Gasteiger partial charge in [-0.1, -0.05) is 20.3 Å². The Labute approximate surface area is 107 Å². The molecule has 2 aliphatic carbocycles. The molecule has 0 saturated heterocycles. The van der Waals surface area contributed by atoms with Crippen LogP contribution in [0.15, 0.2) is 0 Å². The third kappa shape index (κ3) is 3.69. The van der Waals surface area contributed by atoms with Gasteiger partial charge in [-0.3, -0.25) is 0 Å². The van der Waals surface area contributed by atoms with E-state index < -0.39 is 0 Å². The van der Waals surface area contributed by atoms with Crippen LogP contribution in [0.25, 0.3) is 0 Å². The Morgan fingerprint density at radius 2 is 2.12 bits per heavy atom. The van der Waals surface area contributed by atoms with Crippen molar-refractivity contribution in [1.82, 2.24) is 10.2 Å². The minimum atomic E-state index is 0.776. The van der Waals surface area contributed by atoms with Gasteiger partial charge >= 0.3 is 0 Å². The molecular formula is C15H30N2. The standard InChI is InChI=1S/C15H30N2/c1-4-16-9-12(2)10-17(3)11-15-8-13-5-6-14(15)7-13/h12-16H,4-11H2,1-3H3. The average molecular weight is 238 g/mol. The second-order valence-corrected chi connectivity index (χ2v) is 6.57. The molecule has 0 aromatic carbocycles. The Morgan fingerprint density at radius 3 is 2.71 bits per heavy atom. The van der Waals surface area contributed by atoms with Gasteiger partial charge in [-0.05, 0) is 63.1 Å². The molecule has 0 radical (unpaired) electrons. The molecule has 0 spiro atoms. The van der Waals surface area contributed by atoms with Gasteiger partial charge < -0.3 is 10.2 Å². The Kier molecular flexibility index (Phi) is 4.87. The zero-order valence-corrected chi connectivity index (χ0v) is 11.9. The van der Waals surface area contributed by atoms with E-state index in [1.807, 2.05) is 0 Å². The van der Waals surface area contributed by atoms with Gasteiger partial charge in [0.2, 0.25) is 0 Å². The third-order valence-corrected chi connectivity index (χ3v) is 4.80. The summed E-state index contributed by atoms with van der Waals surface area (Å²) >= 11 is 0. The molecule has 2 nitrogen and oxygen atoms in total. The minimum absolute atomic E-state index is 0.776. The molecule has 1 N–H and O–H groups in total. The van der Waals surface area contributed by atoms with Crippen LogP contribution in [0.2, 0.25) is 0 Å². The van der Waals surface area contributed by atoms with E-state index in [2.05, 4.69) is 31.1 Å². The maximum absolute atomic E-state index is 3.45. The summed E-state index contributed by atoms with van der Waals surface area (Å²) < 4.78 is 0. The second kappa shape index (κ2) is 6.19. The highest BCUT2D eigenvalue weighted by atomic mass is 15.1. The first-order valence-corrected chi connectivity index (χ1v) is 7.58. The minimum Gasteiger partial charge on any atom is -0.317 e. The molecule has 100 valence electrons. The van der Waals surface area contributed by atoms with E-state index in [4.69, 9.17) is 0 Å². The molecule has 0 amide bonds. The number of hydrogen-bond acceptors (Lipinski definition) is 2. The molecule has 2 fully saturated rings. The summed E-state index contributed by atoms with van der Waals surface area (Å²) in [6.07, 6.45) is 6.12. The van der Waals surface area contributed by atoms with Gasteiger partial charge in [0.15, 0.2) is 0 Å². The van der Waals surface area contributed by atoms with E-state index in [9.17, 15) is 0 Å². The Balaban J connectivity index is 1.65. The van der Waals surface area contributed by atoms with Crippen molar-refractivity contribution in [2.24, 2.45) is 23.7 Å². The highest BCUT2D eigenvalue weighted by Gasteiger charge is 2.39. The van der Waals surface area contributed by atoms with Gasteiger partial charge in [0.05, 0.1) is 0 Å². The quantitative estimate of drug-likeness (QED) is 0.733. The zero-order valence-electron chi connectivity index (χ0n) is 11.9. The van der Waals surface area contributed by atoms with Crippen molar-refractivity contribution < 1.29 is 0 Å². The normalized spacial score (nSPS) is 33.5. The molecule has 0 aliphatic heterocycles. The van der Waals surface area contributed by atoms with Crippen LogP contribution >= 0.6 is 0 Å². The fourth-order valence-electron chi connectivity index (χ4n) is 4.06. The lowest BCUT2D eigenvalue weighted by molar-refractivity contribution is 0.200. The average Bonchev–Trinajstić information content (AvgIpc) is 2.87. The van der Waals surface area contributed by atoms with E-state index in [1.165, 1.54) is 32.4 Å². The first-order valence-electron chi connectivity index (χ1n) is 7.58. The van der Waals surface area contributed by atoms with Crippen molar-refractivity contribution in [3.8, 4) is 0 Å². The molecule has 0 aromatic rings. The lowest BCUT2D eigenvalue weighted by Gasteiger charge is -2.29. The van der Waals surface area contributed by atoms with Crippen molar-refractivity contribution in [2.75, 3.05) is 33.2 Å². The lowest BCUT2D eigenvalue weighted by atomic mass is 9.88. The van der Waals surface area contributed by atoms with Crippen LogP contribution < -0.4 is 5.32 Å². The lowest BCUT2D eigenvalue weighted by Crippen LogP contribution is -2.35. The predicted octanol–water partition coefficient (Wildman–Crippen LogP) is 2.60. The Bertz CT molecular complexity index is 229. The largest absolute Gasteiger partial charge is 0.317 e. The molecule has 4 unspecified atom stereocenters. The molecule has 2 bridgehead atoms. The van der Waals surface area contributed by atoms with Crippen LogP contribution in [0.5, 0.6) is 0 Å². The third-order valence-electron chi connectivity index (χ3n) is 4.80. The van der Waals surface area contributed by atoms with E-state index in [1.54, 1.807) is 6.42 Å². The van der Waals surface area contributed by atoms with Gasteiger partial charge in [-0.2, -0.15) is 0 Å². The van der Waals surface area contributed by atoms with E-state index in [-0.39, 0.29) is 0 Å². The Hall–Kier alpha value is -0.0800. The molecule has 2 rings (SSSR count). The Morgan fingerprint density at radius 1 is 1.29 bits per heavy atom. The predicted molar refractivity (Wildman–Crippen MR) is 74.1 cm³/mol. The maximum atomic E-state index is 3.45. The van der Waals surface area contributed by atoms with Crippen molar-refractivity contribution in [2.45, 2.75) is 39.5 Å². The molecule has 2 aliphatic rings. The number of rotatable bonds is 7. The van der Waals surface area contributed by atoms with Crippen LogP contribution in [0.4, 0.5) is 0 Å². The van der Waals surface area contributed by atoms with Gasteiger partial charge in [0.25, 0.3) is 0 Å². The first-order chi connectivity index (χ1) is 8.19. The molecule has 17 heavy (non-hydrogen) atoms. The van der Waals surface area contributed by atoms with Crippen LogP contribution in [0.1, 0.15) is 39.5 Å². The van der Waals surface area contributed by atoms with Crippen molar-refractivity contribution in [1.29, 1.82) is 0 Å². The monoisotopic (exact) mass is 238 g/mol. The summed E-state index contributed by atoms with van der Waals surface area (Å²) in [6.45, 7) is 9.40.